The van der Waals surface area contributed by atoms with Gasteiger partial charge in [-0.3, -0.25) is 0 Å². The number of nitrogens with zero attached hydrogens (tertiary/aromatic N) is 2. The first-order valence-electron chi connectivity index (χ1n) is 4.74. The Labute approximate surface area is 94.5 Å². The zero-order valence-electron chi connectivity index (χ0n) is 8.62. The van der Waals surface area contributed by atoms with Gasteiger partial charge < -0.3 is 11.5 Å². The number of para-hydroxylation sites is 1. The van der Waals surface area contributed by atoms with Crippen molar-refractivity contribution >= 4 is 22.4 Å². The first-order valence-corrected chi connectivity index (χ1v) is 4.74. The molecule has 0 saturated heterocycles. The van der Waals surface area contributed by atoms with Crippen molar-refractivity contribution < 1.29 is 13.2 Å². The van der Waals surface area contributed by atoms with Crippen LogP contribution in [0.5, 0.6) is 0 Å². The molecule has 0 aliphatic carbocycles. The third-order valence-corrected chi connectivity index (χ3v) is 2.19. The van der Waals surface area contributed by atoms with Crippen molar-refractivity contribution in [3.05, 3.63) is 24.0 Å². The maximum absolute atomic E-state index is 12.2. The van der Waals surface area contributed by atoms with Crippen LogP contribution in [0.25, 0.3) is 10.9 Å². The molecule has 0 fully saturated rings. The van der Waals surface area contributed by atoms with E-state index in [1.807, 2.05) is 0 Å². The lowest BCUT2D eigenvalue weighted by atomic mass is 10.2. The van der Waals surface area contributed by atoms with E-state index in [9.17, 15) is 13.2 Å². The number of nitrogens with two attached hydrogens (primary N) is 2. The van der Waals surface area contributed by atoms with Crippen LogP contribution < -0.4 is 11.5 Å². The Kier molecular flexibility index (Phi) is 2.53. The number of nitrogen functional groups attached to an aromatic ring is 2. The summed E-state index contributed by atoms with van der Waals surface area (Å²) in [5.74, 6) is -0.373. The Morgan fingerprint density at radius 2 is 1.82 bits per heavy atom. The average Bonchev–Trinajstić information content (AvgIpc) is 2.17. The summed E-state index contributed by atoms with van der Waals surface area (Å²) in [6.07, 6.45) is -5.59. The van der Waals surface area contributed by atoms with Gasteiger partial charge in [0.2, 0.25) is 0 Å². The number of hydrogen-bond donors (Lipinski definition) is 2. The molecule has 0 saturated carbocycles. The normalized spacial score (nSPS) is 11.9. The Bertz CT molecular complexity index is 565. The summed E-state index contributed by atoms with van der Waals surface area (Å²) in [6, 6.07) is 4.80. The molecular formula is C10H9F3N4. The van der Waals surface area contributed by atoms with Crippen LogP contribution in [0.4, 0.5) is 24.7 Å². The van der Waals surface area contributed by atoms with Crippen molar-refractivity contribution in [1.29, 1.82) is 0 Å². The molecule has 90 valence electrons. The highest BCUT2D eigenvalue weighted by molar-refractivity contribution is 5.95. The van der Waals surface area contributed by atoms with Crippen LogP contribution in [0.1, 0.15) is 5.82 Å². The molecule has 0 bridgehead atoms. The molecule has 0 aliphatic rings. The van der Waals surface area contributed by atoms with Gasteiger partial charge in [-0.15, -0.1) is 0 Å². The highest BCUT2D eigenvalue weighted by atomic mass is 19.4. The maximum Gasteiger partial charge on any atom is 0.396 e. The molecule has 0 atom stereocenters. The van der Waals surface area contributed by atoms with Crippen LogP contribution in [0.15, 0.2) is 18.2 Å². The summed E-state index contributed by atoms with van der Waals surface area (Å²) in [5, 5.41) is 0.455. The van der Waals surface area contributed by atoms with E-state index in [-0.39, 0.29) is 22.8 Å². The maximum atomic E-state index is 12.2. The third kappa shape index (κ3) is 2.38. The lowest BCUT2D eigenvalue weighted by Crippen LogP contribution is -2.15. The molecule has 2 rings (SSSR count). The van der Waals surface area contributed by atoms with Crippen LogP contribution >= 0.6 is 0 Å². The van der Waals surface area contributed by atoms with Gasteiger partial charge in [0.05, 0.1) is 11.2 Å². The molecule has 0 spiro atoms. The number of hydrogen-bond acceptors (Lipinski definition) is 4. The van der Waals surface area contributed by atoms with Crippen molar-refractivity contribution in [2.24, 2.45) is 0 Å². The summed E-state index contributed by atoms with van der Waals surface area (Å²) in [5.41, 5.74) is 11.7. The summed E-state index contributed by atoms with van der Waals surface area (Å²) in [6.45, 7) is 0. The van der Waals surface area contributed by atoms with Gasteiger partial charge in [0.15, 0.2) is 0 Å². The van der Waals surface area contributed by atoms with Crippen molar-refractivity contribution in [3.63, 3.8) is 0 Å². The lowest BCUT2D eigenvalue weighted by molar-refractivity contribution is -0.128. The van der Waals surface area contributed by atoms with Gasteiger partial charge in [-0.1, -0.05) is 6.07 Å². The number of rotatable bonds is 1. The lowest BCUT2D eigenvalue weighted by Gasteiger charge is -2.08. The molecule has 1 aromatic heterocycles. The summed E-state index contributed by atoms with van der Waals surface area (Å²) in [4.78, 5) is 7.40. The Hall–Kier alpha value is -2.05. The van der Waals surface area contributed by atoms with Crippen LogP contribution in [0.2, 0.25) is 0 Å². The van der Waals surface area contributed by atoms with E-state index in [0.29, 0.717) is 5.39 Å². The van der Waals surface area contributed by atoms with E-state index in [4.69, 9.17) is 11.5 Å². The zero-order valence-corrected chi connectivity index (χ0v) is 8.62. The summed E-state index contributed by atoms with van der Waals surface area (Å²) in [7, 11) is 0. The predicted octanol–water partition coefficient (Wildman–Crippen LogP) is 1.90. The second kappa shape index (κ2) is 3.76. The van der Waals surface area contributed by atoms with E-state index in [1.54, 1.807) is 18.2 Å². The first kappa shape index (κ1) is 11.4. The van der Waals surface area contributed by atoms with E-state index < -0.39 is 12.6 Å². The van der Waals surface area contributed by atoms with Crippen LogP contribution in [0.3, 0.4) is 0 Å². The molecule has 17 heavy (non-hydrogen) atoms. The van der Waals surface area contributed by atoms with Crippen LogP contribution in [-0.4, -0.2) is 16.1 Å². The molecule has 1 heterocycles. The topological polar surface area (TPSA) is 77.8 Å². The molecule has 0 amide bonds. The second-order valence-corrected chi connectivity index (χ2v) is 3.56. The minimum absolute atomic E-state index is 0.00144. The predicted molar refractivity (Wildman–Crippen MR) is 58.1 cm³/mol. The van der Waals surface area contributed by atoms with Crippen LogP contribution in [0, 0.1) is 0 Å². The van der Waals surface area contributed by atoms with Crippen molar-refractivity contribution in [3.8, 4) is 0 Å². The average molecular weight is 242 g/mol. The van der Waals surface area contributed by atoms with Gasteiger partial charge in [0.25, 0.3) is 0 Å². The monoisotopic (exact) mass is 242 g/mol. The van der Waals surface area contributed by atoms with E-state index in [1.165, 1.54) is 0 Å². The van der Waals surface area contributed by atoms with E-state index >= 15 is 0 Å². The number of benzene rings is 1. The Balaban J connectivity index is 2.58. The highest BCUT2D eigenvalue weighted by Gasteiger charge is 2.29. The molecular weight excluding hydrogens is 233 g/mol. The first-order chi connectivity index (χ1) is 7.87. The molecule has 7 heteroatoms. The number of alkyl halides is 3. The van der Waals surface area contributed by atoms with Gasteiger partial charge in [-0.2, -0.15) is 13.2 Å². The highest BCUT2D eigenvalue weighted by Crippen LogP contribution is 2.25. The van der Waals surface area contributed by atoms with Crippen molar-refractivity contribution in [2.45, 2.75) is 12.6 Å². The molecule has 0 aliphatic heterocycles. The van der Waals surface area contributed by atoms with Crippen molar-refractivity contribution in [2.75, 3.05) is 11.5 Å². The molecule has 0 radical (unpaired) electrons. The number of halogens is 3. The number of anilines is 2. The molecule has 4 nitrogen and oxygen atoms in total. The fourth-order valence-electron chi connectivity index (χ4n) is 1.50. The van der Waals surface area contributed by atoms with E-state index in [2.05, 4.69) is 9.97 Å². The minimum Gasteiger partial charge on any atom is -0.397 e. The fourth-order valence-corrected chi connectivity index (χ4v) is 1.50. The SMILES string of the molecule is Nc1nc(CC(F)(F)F)nc2c(N)cccc12. The molecule has 2 aromatic rings. The standard InChI is InChI=1S/C10H9F3N4/c11-10(12,13)4-7-16-8-5(9(15)17-7)2-1-3-6(8)14/h1-3H,4,14H2,(H2,15,16,17). The second-order valence-electron chi connectivity index (χ2n) is 3.56. The quantitative estimate of drug-likeness (QED) is 0.748. The fraction of sp³-hybridized carbons (Fsp3) is 0.200. The smallest absolute Gasteiger partial charge is 0.396 e. The Morgan fingerprint density at radius 3 is 2.47 bits per heavy atom. The molecule has 0 unspecified atom stereocenters. The van der Waals surface area contributed by atoms with Crippen molar-refractivity contribution in [1.82, 2.24) is 9.97 Å². The van der Waals surface area contributed by atoms with Gasteiger partial charge in [0.1, 0.15) is 18.1 Å². The van der Waals surface area contributed by atoms with Gasteiger partial charge in [-0.05, 0) is 12.1 Å². The largest absolute Gasteiger partial charge is 0.397 e. The number of aromatic nitrogens is 2. The van der Waals surface area contributed by atoms with Gasteiger partial charge >= 0.3 is 6.18 Å². The van der Waals surface area contributed by atoms with Crippen LogP contribution in [-0.2, 0) is 6.42 Å². The number of fused-ring (bicyclic) bond motifs is 1. The zero-order chi connectivity index (χ0) is 12.6. The molecule has 1 aromatic carbocycles. The van der Waals surface area contributed by atoms with E-state index in [0.717, 1.165) is 0 Å². The van der Waals surface area contributed by atoms with Gasteiger partial charge in [0, 0.05) is 5.39 Å². The third-order valence-electron chi connectivity index (χ3n) is 2.19. The minimum atomic E-state index is -4.37. The molecule has 4 N–H and O–H groups in total. The Morgan fingerprint density at radius 1 is 1.12 bits per heavy atom. The summed E-state index contributed by atoms with van der Waals surface area (Å²) < 4.78 is 36.7. The summed E-state index contributed by atoms with van der Waals surface area (Å²) >= 11 is 0. The van der Waals surface area contributed by atoms with Gasteiger partial charge in [-0.25, -0.2) is 9.97 Å².